The fourth-order valence-electron chi connectivity index (χ4n) is 3.52. The van der Waals surface area contributed by atoms with Crippen LogP contribution in [0.5, 0.6) is 11.5 Å². The number of ether oxygens (including phenoxy) is 2. The summed E-state index contributed by atoms with van der Waals surface area (Å²) in [6.45, 7) is 0. The topological polar surface area (TPSA) is 93.1 Å². The second-order valence-corrected chi connectivity index (χ2v) is 7.20. The third-order valence-corrected chi connectivity index (χ3v) is 5.14. The fourth-order valence-corrected chi connectivity index (χ4v) is 3.52. The van der Waals surface area contributed by atoms with Gasteiger partial charge in [-0.3, -0.25) is 0 Å². The molecule has 2 atom stereocenters. The van der Waals surface area contributed by atoms with Crippen LogP contribution in [-0.2, 0) is 5.60 Å². The van der Waals surface area contributed by atoms with Gasteiger partial charge in [0.15, 0.2) is 11.7 Å². The van der Waals surface area contributed by atoms with Crippen molar-refractivity contribution < 1.29 is 29.3 Å². The van der Waals surface area contributed by atoms with Crippen molar-refractivity contribution in [1.29, 1.82) is 0 Å². The van der Waals surface area contributed by atoms with E-state index in [1.807, 2.05) is 54.6 Å². The molecular formula is C26H20O6. The van der Waals surface area contributed by atoms with Crippen LogP contribution >= 0.6 is 0 Å². The maximum Gasteiger partial charge on any atom is 0.335 e. The van der Waals surface area contributed by atoms with Crippen LogP contribution in [0.15, 0.2) is 103 Å². The molecular weight excluding hydrogens is 408 g/mol. The van der Waals surface area contributed by atoms with E-state index < -0.39 is 23.6 Å². The van der Waals surface area contributed by atoms with E-state index in [0.717, 1.165) is 5.56 Å². The minimum atomic E-state index is -1.04. The van der Waals surface area contributed by atoms with Gasteiger partial charge in [0, 0.05) is 5.56 Å². The highest BCUT2D eigenvalue weighted by Gasteiger charge is 2.42. The fraction of sp³-hybridized carbons (Fsp3) is 0.0769. The van der Waals surface area contributed by atoms with Crippen LogP contribution in [0.3, 0.4) is 0 Å². The number of rotatable bonds is 7. The van der Waals surface area contributed by atoms with Gasteiger partial charge >= 0.3 is 11.9 Å². The second-order valence-electron chi connectivity index (χ2n) is 7.20. The number of carboxylic acid groups (broad SMARTS) is 2. The molecule has 3 aromatic rings. The van der Waals surface area contributed by atoms with Crippen LogP contribution in [-0.4, -0.2) is 28.3 Å². The number of hydrogen-bond acceptors (Lipinski definition) is 4. The Bertz CT molecular complexity index is 1160. The van der Waals surface area contributed by atoms with E-state index in [1.165, 1.54) is 24.3 Å². The summed E-state index contributed by atoms with van der Waals surface area (Å²) >= 11 is 0. The van der Waals surface area contributed by atoms with Crippen molar-refractivity contribution in [3.63, 3.8) is 0 Å². The van der Waals surface area contributed by atoms with Crippen LogP contribution in [0, 0.1) is 0 Å². The lowest BCUT2D eigenvalue weighted by molar-refractivity contribution is 0.0157. The first-order valence-corrected chi connectivity index (χ1v) is 9.92. The summed E-state index contributed by atoms with van der Waals surface area (Å²) < 4.78 is 12.7. The summed E-state index contributed by atoms with van der Waals surface area (Å²) in [6, 6.07) is 21.9. The molecule has 1 aliphatic rings. The molecule has 2 N–H and O–H groups in total. The molecule has 32 heavy (non-hydrogen) atoms. The van der Waals surface area contributed by atoms with Crippen molar-refractivity contribution in [2.75, 3.05) is 0 Å². The molecule has 0 saturated carbocycles. The third-order valence-electron chi connectivity index (χ3n) is 5.14. The molecule has 0 radical (unpaired) electrons. The minimum absolute atomic E-state index is 0.163. The zero-order chi connectivity index (χ0) is 22.6. The number of benzene rings is 3. The Morgan fingerprint density at radius 1 is 0.719 bits per heavy atom. The van der Waals surface area contributed by atoms with Gasteiger partial charge in [0.2, 0.25) is 0 Å². The van der Waals surface area contributed by atoms with Crippen LogP contribution < -0.4 is 9.47 Å². The molecule has 0 bridgehead atoms. The normalized spacial score (nSPS) is 19.3. The predicted molar refractivity (Wildman–Crippen MR) is 118 cm³/mol. The van der Waals surface area contributed by atoms with Gasteiger partial charge in [-0.05, 0) is 60.7 Å². The van der Waals surface area contributed by atoms with E-state index in [2.05, 4.69) is 0 Å². The predicted octanol–water partition coefficient (Wildman–Crippen LogP) is 4.93. The van der Waals surface area contributed by atoms with Gasteiger partial charge < -0.3 is 19.7 Å². The molecule has 2 unspecified atom stereocenters. The lowest BCUT2D eigenvalue weighted by Crippen LogP contribution is -2.46. The van der Waals surface area contributed by atoms with E-state index in [4.69, 9.17) is 19.7 Å². The highest BCUT2D eigenvalue weighted by Crippen LogP contribution is 2.38. The maximum atomic E-state index is 11.2. The van der Waals surface area contributed by atoms with E-state index in [0.29, 0.717) is 11.5 Å². The van der Waals surface area contributed by atoms with E-state index in [9.17, 15) is 9.59 Å². The highest BCUT2D eigenvalue weighted by molar-refractivity contribution is 5.88. The largest absolute Gasteiger partial charge is 0.481 e. The van der Waals surface area contributed by atoms with Crippen LogP contribution in [0.2, 0.25) is 0 Å². The van der Waals surface area contributed by atoms with Crippen LogP contribution in [0.1, 0.15) is 26.3 Å². The van der Waals surface area contributed by atoms with Crippen molar-refractivity contribution >= 4 is 11.9 Å². The molecule has 6 heteroatoms. The minimum Gasteiger partial charge on any atom is -0.481 e. The Labute approximate surface area is 184 Å². The molecule has 160 valence electrons. The lowest BCUT2D eigenvalue weighted by Gasteiger charge is -2.39. The first kappa shape index (κ1) is 20.9. The molecule has 0 fully saturated rings. The molecule has 1 aliphatic carbocycles. The van der Waals surface area contributed by atoms with Crippen molar-refractivity contribution in [3.8, 4) is 11.5 Å². The Balaban J connectivity index is 1.71. The molecule has 0 heterocycles. The monoisotopic (exact) mass is 428 g/mol. The zero-order valence-corrected chi connectivity index (χ0v) is 16.9. The maximum absolute atomic E-state index is 11.2. The quantitative estimate of drug-likeness (QED) is 0.554. The Hall–Kier alpha value is -4.32. The number of carboxylic acids is 2. The lowest BCUT2D eigenvalue weighted by atomic mass is 9.84. The molecule has 6 nitrogen and oxygen atoms in total. The van der Waals surface area contributed by atoms with Crippen molar-refractivity contribution in [2.45, 2.75) is 11.7 Å². The van der Waals surface area contributed by atoms with Gasteiger partial charge in [-0.2, -0.15) is 0 Å². The Morgan fingerprint density at radius 3 is 1.84 bits per heavy atom. The van der Waals surface area contributed by atoms with Gasteiger partial charge in [0.25, 0.3) is 0 Å². The van der Waals surface area contributed by atoms with Gasteiger partial charge in [-0.15, -0.1) is 0 Å². The van der Waals surface area contributed by atoms with Crippen molar-refractivity contribution in [2.24, 2.45) is 0 Å². The molecule has 0 aliphatic heterocycles. The number of carbonyl (C=O) groups is 2. The SMILES string of the molecule is O=C(O)c1ccc(OC2C=CC=CC2(Oc2ccc(C(=O)O)cc2)c2ccccc2)cc1. The summed E-state index contributed by atoms with van der Waals surface area (Å²) in [5.74, 6) is -1.05. The highest BCUT2D eigenvalue weighted by atomic mass is 16.6. The van der Waals surface area contributed by atoms with Gasteiger partial charge in [-0.1, -0.05) is 42.5 Å². The average Bonchev–Trinajstić information content (AvgIpc) is 2.81. The molecule has 3 aromatic carbocycles. The van der Waals surface area contributed by atoms with Crippen molar-refractivity contribution in [3.05, 3.63) is 120 Å². The molecule has 0 amide bonds. The Morgan fingerprint density at radius 2 is 1.28 bits per heavy atom. The van der Waals surface area contributed by atoms with Gasteiger partial charge in [-0.25, -0.2) is 9.59 Å². The van der Waals surface area contributed by atoms with Crippen molar-refractivity contribution in [1.82, 2.24) is 0 Å². The smallest absolute Gasteiger partial charge is 0.335 e. The molecule has 0 aromatic heterocycles. The Kier molecular flexibility index (Phi) is 5.77. The summed E-state index contributed by atoms with van der Waals surface area (Å²) in [5.41, 5.74) is 0.138. The average molecular weight is 428 g/mol. The molecule has 0 spiro atoms. The third kappa shape index (κ3) is 4.25. The number of allylic oxidation sites excluding steroid dienone is 2. The summed E-state index contributed by atoms with van der Waals surface area (Å²) in [6.07, 6.45) is 6.90. The van der Waals surface area contributed by atoms with Gasteiger partial charge in [0.1, 0.15) is 11.5 Å². The first-order valence-electron chi connectivity index (χ1n) is 9.92. The zero-order valence-electron chi connectivity index (χ0n) is 16.9. The van der Waals surface area contributed by atoms with Gasteiger partial charge in [0.05, 0.1) is 11.1 Å². The number of hydrogen-bond donors (Lipinski definition) is 2. The van der Waals surface area contributed by atoms with E-state index >= 15 is 0 Å². The summed E-state index contributed by atoms with van der Waals surface area (Å²) in [5, 5.41) is 18.3. The van der Waals surface area contributed by atoms with E-state index in [1.54, 1.807) is 24.3 Å². The van der Waals surface area contributed by atoms with E-state index in [-0.39, 0.29) is 11.1 Å². The molecule has 4 rings (SSSR count). The first-order chi connectivity index (χ1) is 15.5. The second kappa shape index (κ2) is 8.81. The summed E-state index contributed by atoms with van der Waals surface area (Å²) in [4.78, 5) is 22.3. The van der Waals surface area contributed by atoms with Crippen LogP contribution in [0.25, 0.3) is 0 Å². The number of aromatic carboxylic acids is 2. The summed E-state index contributed by atoms with van der Waals surface area (Å²) in [7, 11) is 0. The molecule has 0 saturated heterocycles. The van der Waals surface area contributed by atoms with Crippen LogP contribution in [0.4, 0.5) is 0 Å². The standard InChI is InChI=1S/C26H20O6/c27-24(28)18-9-13-21(14-10-18)31-23-8-4-5-17-26(23,20-6-2-1-3-7-20)32-22-15-11-19(12-16-22)25(29)30/h1-17,23H,(H,27,28)(H,29,30).